The van der Waals surface area contributed by atoms with E-state index in [-0.39, 0.29) is 5.82 Å². The van der Waals surface area contributed by atoms with E-state index in [9.17, 15) is 4.39 Å². The zero-order valence-electron chi connectivity index (χ0n) is 12.8. The highest BCUT2D eigenvalue weighted by atomic mass is 19.1. The maximum absolute atomic E-state index is 13.5. The summed E-state index contributed by atoms with van der Waals surface area (Å²) in [5, 5.41) is 3.42. The van der Waals surface area contributed by atoms with Gasteiger partial charge in [-0.2, -0.15) is 0 Å². The summed E-state index contributed by atoms with van der Waals surface area (Å²) in [6, 6.07) is 9.08. The molecule has 0 saturated heterocycles. The normalized spacial score (nSPS) is 10.9. The predicted molar refractivity (Wildman–Crippen MR) is 85.3 cm³/mol. The molecule has 4 heteroatoms. The SMILES string of the molecule is CCN(c1cccc(F)c1)c1cnccc1CNC(C)C. The van der Waals surface area contributed by atoms with Gasteiger partial charge in [-0.3, -0.25) is 4.98 Å². The Kier molecular flexibility index (Phi) is 5.28. The van der Waals surface area contributed by atoms with Crippen LogP contribution in [0.5, 0.6) is 0 Å². The number of hydrogen-bond acceptors (Lipinski definition) is 3. The molecule has 0 bridgehead atoms. The van der Waals surface area contributed by atoms with E-state index in [0.717, 1.165) is 30.0 Å². The van der Waals surface area contributed by atoms with Crippen LogP contribution in [0.15, 0.2) is 42.7 Å². The number of nitrogens with one attached hydrogen (secondary N) is 1. The summed E-state index contributed by atoms with van der Waals surface area (Å²) in [5.74, 6) is -0.225. The van der Waals surface area contributed by atoms with Crippen molar-refractivity contribution in [2.45, 2.75) is 33.4 Å². The fraction of sp³-hybridized carbons (Fsp3) is 0.353. The molecule has 0 aliphatic rings. The van der Waals surface area contributed by atoms with E-state index in [4.69, 9.17) is 0 Å². The monoisotopic (exact) mass is 287 g/mol. The molecule has 1 aromatic carbocycles. The smallest absolute Gasteiger partial charge is 0.125 e. The van der Waals surface area contributed by atoms with Gasteiger partial charge in [0.25, 0.3) is 0 Å². The van der Waals surface area contributed by atoms with E-state index in [0.29, 0.717) is 6.04 Å². The topological polar surface area (TPSA) is 28.2 Å². The molecule has 2 rings (SSSR count). The number of hydrogen-bond donors (Lipinski definition) is 1. The molecular formula is C17H22FN3. The molecule has 0 spiro atoms. The summed E-state index contributed by atoms with van der Waals surface area (Å²) >= 11 is 0. The van der Waals surface area contributed by atoms with Crippen molar-refractivity contribution in [3.63, 3.8) is 0 Å². The van der Waals surface area contributed by atoms with E-state index < -0.39 is 0 Å². The van der Waals surface area contributed by atoms with Crippen molar-refractivity contribution in [2.24, 2.45) is 0 Å². The van der Waals surface area contributed by atoms with Crippen LogP contribution in [0, 0.1) is 5.82 Å². The van der Waals surface area contributed by atoms with Gasteiger partial charge in [0.2, 0.25) is 0 Å². The number of benzene rings is 1. The second-order valence-corrected chi connectivity index (χ2v) is 5.26. The average Bonchev–Trinajstić information content (AvgIpc) is 2.47. The van der Waals surface area contributed by atoms with Gasteiger partial charge in [0.15, 0.2) is 0 Å². The Hall–Kier alpha value is -1.94. The van der Waals surface area contributed by atoms with E-state index in [1.807, 2.05) is 18.3 Å². The first-order valence-electron chi connectivity index (χ1n) is 7.31. The van der Waals surface area contributed by atoms with Crippen LogP contribution >= 0.6 is 0 Å². The minimum Gasteiger partial charge on any atom is -0.340 e. The highest BCUT2D eigenvalue weighted by Crippen LogP contribution is 2.28. The molecule has 0 amide bonds. The third kappa shape index (κ3) is 4.02. The average molecular weight is 287 g/mol. The number of rotatable bonds is 6. The highest BCUT2D eigenvalue weighted by Gasteiger charge is 2.12. The molecule has 21 heavy (non-hydrogen) atoms. The van der Waals surface area contributed by atoms with E-state index >= 15 is 0 Å². The molecule has 0 fully saturated rings. The van der Waals surface area contributed by atoms with Crippen LogP contribution in [0.4, 0.5) is 15.8 Å². The molecule has 1 heterocycles. The molecule has 112 valence electrons. The maximum Gasteiger partial charge on any atom is 0.125 e. The van der Waals surface area contributed by atoms with Gasteiger partial charge in [-0.25, -0.2) is 4.39 Å². The molecule has 0 aliphatic heterocycles. The highest BCUT2D eigenvalue weighted by molar-refractivity contribution is 5.65. The minimum atomic E-state index is -0.225. The summed E-state index contributed by atoms with van der Waals surface area (Å²) < 4.78 is 13.5. The Bertz CT molecular complexity index is 584. The molecule has 1 aromatic heterocycles. The first kappa shape index (κ1) is 15.4. The molecule has 0 radical (unpaired) electrons. The number of anilines is 2. The zero-order valence-corrected chi connectivity index (χ0v) is 12.8. The summed E-state index contributed by atoms with van der Waals surface area (Å²) in [5.41, 5.74) is 3.01. The van der Waals surface area contributed by atoms with Crippen LogP contribution in [0.3, 0.4) is 0 Å². The maximum atomic E-state index is 13.5. The Morgan fingerprint density at radius 3 is 2.76 bits per heavy atom. The first-order valence-corrected chi connectivity index (χ1v) is 7.31. The van der Waals surface area contributed by atoms with Gasteiger partial charge < -0.3 is 10.2 Å². The van der Waals surface area contributed by atoms with Crippen LogP contribution < -0.4 is 10.2 Å². The summed E-state index contributed by atoms with van der Waals surface area (Å²) in [6.45, 7) is 7.80. The molecule has 2 aromatic rings. The van der Waals surface area contributed by atoms with Crippen molar-refractivity contribution < 1.29 is 4.39 Å². The number of aromatic nitrogens is 1. The van der Waals surface area contributed by atoms with Gasteiger partial charge in [-0.1, -0.05) is 19.9 Å². The lowest BCUT2D eigenvalue weighted by molar-refractivity contribution is 0.588. The molecule has 1 N–H and O–H groups in total. The Morgan fingerprint density at radius 2 is 2.10 bits per heavy atom. The van der Waals surface area contributed by atoms with E-state index in [2.05, 4.69) is 36.0 Å². The number of nitrogens with zero attached hydrogens (tertiary/aromatic N) is 2. The lowest BCUT2D eigenvalue weighted by Gasteiger charge is -2.26. The summed E-state index contributed by atoms with van der Waals surface area (Å²) in [6.07, 6.45) is 3.63. The van der Waals surface area contributed by atoms with Crippen LogP contribution in [0.25, 0.3) is 0 Å². The van der Waals surface area contributed by atoms with E-state index in [1.165, 1.54) is 6.07 Å². The van der Waals surface area contributed by atoms with E-state index in [1.54, 1.807) is 18.3 Å². The molecule has 0 atom stereocenters. The third-order valence-corrected chi connectivity index (χ3v) is 3.32. The van der Waals surface area contributed by atoms with Crippen molar-refractivity contribution in [3.8, 4) is 0 Å². The standard InChI is InChI=1S/C17H22FN3/c1-4-21(16-7-5-6-15(18)10-16)17-12-19-9-8-14(17)11-20-13(2)3/h5-10,12-13,20H,4,11H2,1-3H3. The fourth-order valence-electron chi connectivity index (χ4n) is 2.26. The van der Waals surface area contributed by atoms with Crippen molar-refractivity contribution in [3.05, 3.63) is 54.1 Å². The lowest BCUT2D eigenvalue weighted by Crippen LogP contribution is -2.24. The number of halogens is 1. The second kappa shape index (κ2) is 7.18. The quantitative estimate of drug-likeness (QED) is 0.874. The van der Waals surface area contributed by atoms with Crippen molar-refractivity contribution in [2.75, 3.05) is 11.4 Å². The van der Waals surface area contributed by atoms with Gasteiger partial charge in [0, 0.05) is 31.0 Å². The van der Waals surface area contributed by atoms with Gasteiger partial charge in [-0.15, -0.1) is 0 Å². The van der Waals surface area contributed by atoms with Crippen molar-refractivity contribution in [1.29, 1.82) is 0 Å². The van der Waals surface area contributed by atoms with Crippen molar-refractivity contribution in [1.82, 2.24) is 10.3 Å². The minimum absolute atomic E-state index is 0.225. The molecule has 0 unspecified atom stereocenters. The van der Waals surface area contributed by atoms with Crippen LogP contribution in [0.2, 0.25) is 0 Å². The Morgan fingerprint density at radius 1 is 1.29 bits per heavy atom. The third-order valence-electron chi connectivity index (χ3n) is 3.32. The second-order valence-electron chi connectivity index (χ2n) is 5.26. The van der Waals surface area contributed by atoms with Gasteiger partial charge >= 0.3 is 0 Å². The predicted octanol–water partition coefficient (Wildman–Crippen LogP) is 3.88. The molecule has 0 saturated carbocycles. The fourth-order valence-corrected chi connectivity index (χ4v) is 2.26. The first-order chi connectivity index (χ1) is 10.1. The largest absolute Gasteiger partial charge is 0.340 e. The van der Waals surface area contributed by atoms with Crippen LogP contribution in [-0.2, 0) is 6.54 Å². The van der Waals surface area contributed by atoms with Gasteiger partial charge in [-0.05, 0) is 36.8 Å². The molecule has 0 aliphatic carbocycles. The lowest BCUT2D eigenvalue weighted by atomic mass is 10.1. The zero-order chi connectivity index (χ0) is 15.2. The number of pyridine rings is 1. The van der Waals surface area contributed by atoms with Gasteiger partial charge in [0.05, 0.1) is 11.9 Å². The van der Waals surface area contributed by atoms with Gasteiger partial charge in [0.1, 0.15) is 5.82 Å². The molecular weight excluding hydrogens is 265 g/mol. The van der Waals surface area contributed by atoms with Crippen LogP contribution in [0.1, 0.15) is 26.3 Å². The molecule has 3 nitrogen and oxygen atoms in total. The summed E-state index contributed by atoms with van der Waals surface area (Å²) in [4.78, 5) is 6.30. The van der Waals surface area contributed by atoms with Crippen LogP contribution in [-0.4, -0.2) is 17.6 Å². The Labute approximate surface area is 125 Å². The van der Waals surface area contributed by atoms with Crippen molar-refractivity contribution >= 4 is 11.4 Å². The Balaban J connectivity index is 2.33. The summed E-state index contributed by atoms with van der Waals surface area (Å²) in [7, 11) is 0.